The molecule has 1 saturated heterocycles. The number of benzene rings is 1. The van der Waals surface area contributed by atoms with Crippen LogP contribution in [0.25, 0.3) is 21.3 Å². The van der Waals surface area contributed by atoms with E-state index < -0.39 is 6.10 Å². The fourth-order valence-corrected chi connectivity index (χ4v) is 3.60. The lowest BCUT2D eigenvalue weighted by Crippen LogP contribution is -2.39. The van der Waals surface area contributed by atoms with E-state index in [9.17, 15) is 10.1 Å². The van der Waals surface area contributed by atoms with Gasteiger partial charge in [-0.05, 0) is 12.1 Å². The molecule has 1 aliphatic rings. The summed E-state index contributed by atoms with van der Waals surface area (Å²) in [6.07, 6.45) is 2.92. The molecule has 0 saturated carbocycles. The second kappa shape index (κ2) is 6.64. The van der Waals surface area contributed by atoms with Crippen molar-refractivity contribution in [3.8, 4) is 16.5 Å². The van der Waals surface area contributed by atoms with Gasteiger partial charge < -0.3 is 14.5 Å². The first-order valence-corrected chi connectivity index (χ1v) is 8.54. The first-order chi connectivity index (χ1) is 12.3. The number of carbonyl (C=O) groups excluding carboxylic acids is 1. The standard InChI is InChI=1S/C17H14N4O3S/c18-7-10-1-2-11(12-3-4-19-15(10)12)14-8-20-17(25-14)21-16(22)13-9-23-5-6-24-13/h1-4,8,13,19H,5-6,9H2,(H,20,21,22). The van der Waals surface area contributed by atoms with E-state index in [0.717, 1.165) is 21.3 Å². The van der Waals surface area contributed by atoms with E-state index in [2.05, 4.69) is 21.4 Å². The molecule has 0 bridgehead atoms. The Morgan fingerprint density at radius 3 is 3.12 bits per heavy atom. The third kappa shape index (κ3) is 3.00. The molecule has 1 amide bonds. The lowest BCUT2D eigenvalue weighted by Gasteiger charge is -2.21. The molecule has 1 atom stereocenters. The van der Waals surface area contributed by atoms with Gasteiger partial charge in [-0.3, -0.25) is 10.1 Å². The maximum Gasteiger partial charge on any atom is 0.257 e. The van der Waals surface area contributed by atoms with Crippen LogP contribution < -0.4 is 5.32 Å². The minimum atomic E-state index is -0.604. The Balaban J connectivity index is 1.58. The Morgan fingerprint density at radius 2 is 2.32 bits per heavy atom. The second-order valence-corrected chi connectivity index (χ2v) is 6.52. The molecule has 1 aliphatic heterocycles. The quantitative estimate of drug-likeness (QED) is 0.753. The molecule has 0 aliphatic carbocycles. The number of H-pyrrole nitrogens is 1. The molecule has 1 aromatic carbocycles. The minimum Gasteiger partial charge on any atom is -0.376 e. The predicted molar refractivity (Wildman–Crippen MR) is 93.3 cm³/mol. The van der Waals surface area contributed by atoms with Crippen molar-refractivity contribution in [2.75, 3.05) is 25.1 Å². The Labute approximate surface area is 147 Å². The van der Waals surface area contributed by atoms with Crippen molar-refractivity contribution >= 4 is 33.3 Å². The molecule has 8 heteroatoms. The number of anilines is 1. The Hall–Kier alpha value is -2.73. The highest BCUT2D eigenvalue weighted by Crippen LogP contribution is 2.35. The van der Waals surface area contributed by atoms with Gasteiger partial charge in [-0.2, -0.15) is 5.26 Å². The highest BCUT2D eigenvalue weighted by molar-refractivity contribution is 7.19. The van der Waals surface area contributed by atoms with Gasteiger partial charge in [0.15, 0.2) is 11.2 Å². The molecule has 3 aromatic rings. The molecule has 2 N–H and O–H groups in total. The Bertz CT molecular complexity index is 966. The summed E-state index contributed by atoms with van der Waals surface area (Å²) in [7, 11) is 0. The summed E-state index contributed by atoms with van der Waals surface area (Å²) in [6, 6.07) is 7.78. The summed E-state index contributed by atoms with van der Waals surface area (Å²) in [5, 5.41) is 13.4. The SMILES string of the molecule is N#Cc1ccc(-c2cnc(NC(=O)C3COCCO3)s2)c2cc[nH]c12. The number of nitrogens with zero attached hydrogens (tertiary/aromatic N) is 2. The molecule has 4 rings (SSSR count). The number of carbonyl (C=O) groups is 1. The van der Waals surface area contributed by atoms with E-state index in [1.807, 2.05) is 12.1 Å². The third-order valence-corrected chi connectivity index (χ3v) is 4.90. The number of aromatic nitrogens is 2. The van der Waals surface area contributed by atoms with E-state index in [1.165, 1.54) is 11.3 Å². The van der Waals surface area contributed by atoms with Crippen LogP contribution in [-0.4, -0.2) is 41.8 Å². The Morgan fingerprint density at radius 1 is 1.40 bits per heavy atom. The number of rotatable bonds is 3. The number of aromatic amines is 1. The summed E-state index contributed by atoms with van der Waals surface area (Å²) in [6.45, 7) is 1.18. The van der Waals surface area contributed by atoms with E-state index in [1.54, 1.807) is 18.5 Å². The lowest BCUT2D eigenvalue weighted by atomic mass is 10.1. The van der Waals surface area contributed by atoms with E-state index in [4.69, 9.17) is 9.47 Å². The van der Waals surface area contributed by atoms with Crippen molar-refractivity contribution in [1.29, 1.82) is 5.26 Å². The van der Waals surface area contributed by atoms with Gasteiger partial charge in [0, 0.05) is 23.3 Å². The topological polar surface area (TPSA) is 100 Å². The minimum absolute atomic E-state index is 0.254. The number of amides is 1. The summed E-state index contributed by atoms with van der Waals surface area (Å²) in [5.41, 5.74) is 2.36. The smallest absolute Gasteiger partial charge is 0.257 e. The molecular formula is C17H14N4O3S. The van der Waals surface area contributed by atoms with Crippen LogP contribution in [0, 0.1) is 11.3 Å². The van der Waals surface area contributed by atoms with Crippen molar-refractivity contribution < 1.29 is 14.3 Å². The number of hydrogen-bond donors (Lipinski definition) is 2. The first kappa shape index (κ1) is 15.8. The second-order valence-electron chi connectivity index (χ2n) is 5.49. The maximum absolute atomic E-state index is 12.2. The number of fused-ring (bicyclic) bond motifs is 1. The first-order valence-electron chi connectivity index (χ1n) is 7.73. The van der Waals surface area contributed by atoms with Crippen LogP contribution in [0.5, 0.6) is 0 Å². The molecule has 2 aromatic heterocycles. The van der Waals surface area contributed by atoms with Gasteiger partial charge in [0.25, 0.3) is 5.91 Å². The molecule has 0 spiro atoms. The average molecular weight is 354 g/mol. The van der Waals surface area contributed by atoms with E-state index >= 15 is 0 Å². The normalized spacial score (nSPS) is 17.3. The summed E-state index contributed by atoms with van der Waals surface area (Å²) < 4.78 is 10.6. The van der Waals surface area contributed by atoms with E-state index in [0.29, 0.717) is 23.9 Å². The highest BCUT2D eigenvalue weighted by Gasteiger charge is 2.23. The zero-order chi connectivity index (χ0) is 17.2. The van der Waals surface area contributed by atoms with Crippen molar-refractivity contribution in [2.24, 2.45) is 0 Å². The average Bonchev–Trinajstić information content (AvgIpc) is 3.31. The maximum atomic E-state index is 12.2. The Kier molecular flexibility index (Phi) is 4.19. The van der Waals surface area contributed by atoms with Gasteiger partial charge in [-0.1, -0.05) is 17.4 Å². The lowest BCUT2D eigenvalue weighted by molar-refractivity contribution is -0.142. The summed E-state index contributed by atoms with van der Waals surface area (Å²) >= 11 is 1.37. The van der Waals surface area contributed by atoms with Gasteiger partial charge in [0.2, 0.25) is 0 Å². The number of hydrogen-bond acceptors (Lipinski definition) is 6. The van der Waals surface area contributed by atoms with Crippen LogP contribution in [0.4, 0.5) is 5.13 Å². The van der Waals surface area contributed by atoms with Gasteiger partial charge >= 0.3 is 0 Å². The molecule has 0 radical (unpaired) electrons. The third-order valence-electron chi connectivity index (χ3n) is 3.95. The van der Waals surface area contributed by atoms with Gasteiger partial charge in [-0.15, -0.1) is 0 Å². The number of nitrogens with one attached hydrogen (secondary N) is 2. The van der Waals surface area contributed by atoms with Gasteiger partial charge in [0.1, 0.15) is 6.07 Å². The van der Waals surface area contributed by atoms with Gasteiger partial charge in [0.05, 0.1) is 35.8 Å². The van der Waals surface area contributed by atoms with Crippen molar-refractivity contribution in [2.45, 2.75) is 6.10 Å². The van der Waals surface area contributed by atoms with Gasteiger partial charge in [-0.25, -0.2) is 4.98 Å². The number of nitriles is 1. The predicted octanol–water partition coefficient (Wildman–Crippen LogP) is 2.52. The van der Waals surface area contributed by atoms with Crippen LogP contribution in [-0.2, 0) is 14.3 Å². The van der Waals surface area contributed by atoms with Crippen molar-refractivity contribution in [3.05, 3.63) is 36.2 Å². The largest absolute Gasteiger partial charge is 0.376 e. The summed E-state index contributed by atoms with van der Waals surface area (Å²) in [5.74, 6) is -0.257. The zero-order valence-electron chi connectivity index (χ0n) is 13.1. The van der Waals surface area contributed by atoms with Crippen LogP contribution in [0.2, 0.25) is 0 Å². The van der Waals surface area contributed by atoms with E-state index in [-0.39, 0.29) is 12.5 Å². The van der Waals surface area contributed by atoms with Crippen LogP contribution in [0.3, 0.4) is 0 Å². The monoisotopic (exact) mass is 354 g/mol. The van der Waals surface area contributed by atoms with Crippen LogP contribution >= 0.6 is 11.3 Å². The zero-order valence-corrected chi connectivity index (χ0v) is 13.9. The van der Waals surface area contributed by atoms with Crippen molar-refractivity contribution in [3.63, 3.8) is 0 Å². The fraction of sp³-hybridized carbons (Fsp3) is 0.235. The molecule has 25 heavy (non-hydrogen) atoms. The molecule has 1 unspecified atom stereocenters. The molecule has 1 fully saturated rings. The number of thiazole rings is 1. The fourth-order valence-electron chi connectivity index (χ4n) is 2.75. The molecule has 126 valence electrons. The summed E-state index contributed by atoms with van der Waals surface area (Å²) in [4.78, 5) is 20.5. The molecule has 7 nitrogen and oxygen atoms in total. The van der Waals surface area contributed by atoms with Crippen molar-refractivity contribution in [1.82, 2.24) is 9.97 Å². The molecule has 3 heterocycles. The number of ether oxygens (including phenoxy) is 2. The van der Waals surface area contributed by atoms with Crippen LogP contribution in [0.1, 0.15) is 5.56 Å². The molecular weight excluding hydrogens is 340 g/mol. The highest BCUT2D eigenvalue weighted by atomic mass is 32.1. The van der Waals surface area contributed by atoms with Crippen LogP contribution in [0.15, 0.2) is 30.6 Å².